The van der Waals surface area contributed by atoms with Gasteiger partial charge < -0.3 is 14.5 Å². The highest BCUT2D eigenvalue weighted by atomic mass is 19.1. The van der Waals surface area contributed by atoms with Gasteiger partial charge >= 0.3 is 6.01 Å². The number of aromatic nitrogens is 5. The molecule has 3 aliphatic carbocycles. The van der Waals surface area contributed by atoms with Gasteiger partial charge in [-0.15, -0.1) is 0 Å². The van der Waals surface area contributed by atoms with Crippen molar-refractivity contribution in [2.24, 2.45) is 0 Å². The van der Waals surface area contributed by atoms with Crippen molar-refractivity contribution in [3.63, 3.8) is 0 Å². The van der Waals surface area contributed by atoms with E-state index in [1.54, 1.807) is 4.57 Å². The molecular formula is C29H32FN5O3. The molecular weight excluding hydrogens is 485 g/mol. The number of hydrogen-bond donors (Lipinski definition) is 1. The Morgan fingerprint density at radius 2 is 1.87 bits per heavy atom. The van der Waals surface area contributed by atoms with Gasteiger partial charge in [-0.3, -0.25) is 14.3 Å². The zero-order valence-electron chi connectivity index (χ0n) is 21.8. The van der Waals surface area contributed by atoms with Crippen LogP contribution in [0.3, 0.4) is 0 Å². The monoisotopic (exact) mass is 517 g/mol. The van der Waals surface area contributed by atoms with Crippen molar-refractivity contribution in [1.82, 2.24) is 24.5 Å². The summed E-state index contributed by atoms with van der Waals surface area (Å²) in [5, 5.41) is 0. The summed E-state index contributed by atoms with van der Waals surface area (Å²) in [5.41, 5.74) is 1.97. The molecule has 0 spiro atoms. The quantitative estimate of drug-likeness (QED) is 0.321. The van der Waals surface area contributed by atoms with Crippen molar-refractivity contribution in [2.75, 3.05) is 0 Å². The minimum atomic E-state index is -0.300. The maximum atomic E-state index is 13.5. The van der Waals surface area contributed by atoms with E-state index in [-0.39, 0.29) is 28.4 Å². The Hall–Kier alpha value is -3.59. The van der Waals surface area contributed by atoms with Crippen molar-refractivity contribution in [3.8, 4) is 11.8 Å². The second-order valence-corrected chi connectivity index (χ2v) is 10.8. The van der Waals surface area contributed by atoms with Crippen LogP contribution in [0.2, 0.25) is 0 Å². The summed E-state index contributed by atoms with van der Waals surface area (Å²) in [5.74, 6) is 1.17. The first kappa shape index (κ1) is 24.7. The molecule has 0 amide bonds. The van der Waals surface area contributed by atoms with Gasteiger partial charge in [0.15, 0.2) is 11.2 Å². The highest BCUT2D eigenvalue weighted by molar-refractivity contribution is 5.70. The van der Waals surface area contributed by atoms with E-state index in [0.717, 1.165) is 56.3 Å². The molecule has 3 aliphatic rings. The van der Waals surface area contributed by atoms with E-state index in [4.69, 9.17) is 19.4 Å². The number of ether oxygens (including phenoxy) is 2. The number of imidazole rings is 1. The number of rotatable bonds is 8. The Kier molecular flexibility index (Phi) is 6.26. The second kappa shape index (κ2) is 9.62. The highest BCUT2D eigenvalue weighted by Crippen LogP contribution is 2.54. The number of pyridine rings is 1. The summed E-state index contributed by atoms with van der Waals surface area (Å²) >= 11 is 0. The van der Waals surface area contributed by atoms with E-state index >= 15 is 0 Å². The van der Waals surface area contributed by atoms with Gasteiger partial charge in [0.05, 0.1) is 17.9 Å². The summed E-state index contributed by atoms with van der Waals surface area (Å²) in [6.45, 7) is 4.82. The van der Waals surface area contributed by atoms with Crippen molar-refractivity contribution in [1.29, 1.82) is 0 Å². The van der Waals surface area contributed by atoms with E-state index in [2.05, 4.69) is 9.97 Å². The number of fused-ring (bicyclic) bond motifs is 4. The fourth-order valence-electron chi connectivity index (χ4n) is 5.98. The van der Waals surface area contributed by atoms with Crippen LogP contribution in [-0.4, -0.2) is 30.1 Å². The lowest BCUT2D eigenvalue weighted by atomic mass is 9.58. The topological polar surface area (TPSA) is 94.9 Å². The van der Waals surface area contributed by atoms with E-state index in [1.807, 2.05) is 38.1 Å². The third-order valence-electron chi connectivity index (χ3n) is 8.21. The molecule has 7 rings (SSSR count). The molecule has 0 aliphatic heterocycles. The molecule has 0 unspecified atom stereocenters. The Bertz CT molecular complexity index is 1520. The molecule has 4 aromatic rings. The molecule has 8 nitrogen and oxygen atoms in total. The SMILES string of the molecule is CCCn1c(Oc2cccc(C)c2)nc2nc(C34CCC(OCc5cc(F)ccn5)(CC3)CC4)[nH]c2c1=O. The molecule has 2 bridgehead atoms. The normalized spacial score (nSPS) is 22.7. The second-order valence-electron chi connectivity index (χ2n) is 10.8. The Morgan fingerprint density at radius 1 is 1.08 bits per heavy atom. The fourth-order valence-corrected chi connectivity index (χ4v) is 5.98. The zero-order chi connectivity index (χ0) is 26.3. The van der Waals surface area contributed by atoms with Crippen molar-refractivity contribution >= 4 is 11.2 Å². The molecule has 3 saturated carbocycles. The van der Waals surface area contributed by atoms with Gasteiger partial charge in [0, 0.05) is 18.2 Å². The predicted octanol–water partition coefficient (Wildman–Crippen LogP) is 5.73. The number of nitrogens with one attached hydrogen (secondary N) is 1. The molecule has 0 atom stereocenters. The molecule has 1 aromatic carbocycles. The minimum Gasteiger partial charge on any atom is -0.425 e. The van der Waals surface area contributed by atoms with Crippen LogP contribution in [0.25, 0.3) is 11.2 Å². The number of H-pyrrole nitrogens is 1. The molecule has 3 fully saturated rings. The predicted molar refractivity (Wildman–Crippen MR) is 141 cm³/mol. The van der Waals surface area contributed by atoms with E-state index in [1.165, 1.54) is 18.3 Å². The van der Waals surface area contributed by atoms with Gasteiger partial charge in [-0.05, 0) is 81.7 Å². The lowest BCUT2D eigenvalue weighted by Gasteiger charge is -2.52. The number of aromatic amines is 1. The van der Waals surface area contributed by atoms with Gasteiger partial charge in [0.25, 0.3) is 5.56 Å². The molecule has 38 heavy (non-hydrogen) atoms. The van der Waals surface area contributed by atoms with Gasteiger partial charge in [-0.1, -0.05) is 19.1 Å². The average Bonchev–Trinajstić information content (AvgIpc) is 3.36. The van der Waals surface area contributed by atoms with Crippen LogP contribution in [0.5, 0.6) is 11.8 Å². The van der Waals surface area contributed by atoms with Crippen LogP contribution >= 0.6 is 0 Å². The molecule has 1 N–H and O–H groups in total. The standard InChI is InChI=1S/C29H32FN5O3/c1-3-15-35-25(36)23-24(34-27(35)38-22-6-4-5-19(2)16-22)33-26(32-23)28-8-11-29(12-9-28,13-10-28)37-18-21-17-20(30)7-14-31-21/h4-7,14,16-17H,3,8-13,15,18H2,1-2H3,(H,32,33). The number of benzene rings is 1. The third kappa shape index (κ3) is 4.49. The third-order valence-corrected chi connectivity index (χ3v) is 8.21. The Balaban J connectivity index is 1.25. The van der Waals surface area contributed by atoms with Crippen LogP contribution in [0, 0.1) is 12.7 Å². The van der Waals surface area contributed by atoms with Gasteiger partial charge in [0.1, 0.15) is 17.4 Å². The maximum Gasteiger partial charge on any atom is 0.306 e. The summed E-state index contributed by atoms with van der Waals surface area (Å²) in [4.78, 5) is 30.7. The lowest BCUT2D eigenvalue weighted by molar-refractivity contribution is -0.128. The van der Waals surface area contributed by atoms with Crippen LogP contribution in [-0.2, 0) is 23.3 Å². The minimum absolute atomic E-state index is 0.136. The number of hydrogen-bond acceptors (Lipinski definition) is 6. The smallest absolute Gasteiger partial charge is 0.306 e. The van der Waals surface area contributed by atoms with E-state index in [0.29, 0.717) is 35.8 Å². The molecule has 9 heteroatoms. The number of aryl methyl sites for hydroxylation is 1. The van der Waals surface area contributed by atoms with Crippen LogP contribution in [0.1, 0.15) is 69.0 Å². The largest absolute Gasteiger partial charge is 0.425 e. The highest BCUT2D eigenvalue weighted by Gasteiger charge is 2.51. The fraction of sp³-hybridized carbons (Fsp3) is 0.448. The zero-order valence-corrected chi connectivity index (χ0v) is 21.8. The first-order valence-electron chi connectivity index (χ1n) is 13.4. The first-order chi connectivity index (χ1) is 18.4. The molecule has 3 aromatic heterocycles. The average molecular weight is 518 g/mol. The summed E-state index contributed by atoms with van der Waals surface area (Å²) in [6, 6.07) is 10.7. The van der Waals surface area contributed by atoms with Crippen LogP contribution in [0.4, 0.5) is 4.39 Å². The molecule has 0 radical (unpaired) electrons. The van der Waals surface area contributed by atoms with E-state index in [9.17, 15) is 9.18 Å². The van der Waals surface area contributed by atoms with Gasteiger partial charge in [0.2, 0.25) is 0 Å². The van der Waals surface area contributed by atoms with E-state index < -0.39 is 0 Å². The Labute approximate surface area is 220 Å². The van der Waals surface area contributed by atoms with Crippen molar-refractivity contribution < 1.29 is 13.9 Å². The maximum absolute atomic E-state index is 13.5. The number of halogens is 1. The molecule has 0 saturated heterocycles. The van der Waals surface area contributed by atoms with Crippen LogP contribution in [0.15, 0.2) is 47.4 Å². The molecule has 198 valence electrons. The first-order valence-corrected chi connectivity index (χ1v) is 13.4. The van der Waals surface area contributed by atoms with Crippen molar-refractivity contribution in [3.05, 3.63) is 75.8 Å². The van der Waals surface area contributed by atoms with Gasteiger partial charge in [-0.2, -0.15) is 4.98 Å². The lowest BCUT2D eigenvalue weighted by Crippen LogP contribution is -2.50. The van der Waals surface area contributed by atoms with Gasteiger partial charge in [-0.25, -0.2) is 9.37 Å². The summed E-state index contributed by atoms with van der Waals surface area (Å²) in [7, 11) is 0. The Morgan fingerprint density at radius 3 is 2.58 bits per heavy atom. The summed E-state index contributed by atoms with van der Waals surface area (Å²) < 4.78 is 27.6. The van der Waals surface area contributed by atoms with Crippen molar-refractivity contribution in [2.45, 2.75) is 83.0 Å². The van der Waals surface area contributed by atoms with Crippen LogP contribution < -0.4 is 10.3 Å². The number of nitrogens with zero attached hydrogens (tertiary/aromatic N) is 4. The molecule has 3 heterocycles. The summed E-state index contributed by atoms with van der Waals surface area (Å²) in [6.07, 6.45) is 7.60.